The van der Waals surface area contributed by atoms with E-state index in [-0.39, 0.29) is 5.95 Å². The maximum absolute atomic E-state index is 5.83. The van der Waals surface area contributed by atoms with Crippen LogP contribution in [0.2, 0.25) is 5.15 Å². The highest BCUT2D eigenvalue weighted by molar-refractivity contribution is 6.29. The van der Waals surface area contributed by atoms with Crippen molar-refractivity contribution in [3.05, 3.63) is 23.0 Å². The van der Waals surface area contributed by atoms with E-state index < -0.39 is 0 Å². The van der Waals surface area contributed by atoms with E-state index >= 15 is 0 Å². The van der Waals surface area contributed by atoms with Gasteiger partial charge in [-0.3, -0.25) is 0 Å². The molecule has 0 aliphatic rings. The Balaban J connectivity index is 2.70. The molecule has 0 unspecified atom stereocenters. The number of aromatic nitrogens is 3. The van der Waals surface area contributed by atoms with Gasteiger partial charge in [-0.1, -0.05) is 24.9 Å². The molecule has 0 aliphatic heterocycles. The highest BCUT2D eigenvalue weighted by Crippen LogP contribution is 2.18. The van der Waals surface area contributed by atoms with Gasteiger partial charge in [-0.15, -0.1) is 0 Å². The summed E-state index contributed by atoms with van der Waals surface area (Å²) >= 11 is 5.83. The van der Waals surface area contributed by atoms with Crippen molar-refractivity contribution < 1.29 is 0 Å². The van der Waals surface area contributed by atoms with Gasteiger partial charge < -0.3 is 5.73 Å². The second-order valence-corrected chi connectivity index (χ2v) is 3.67. The van der Waals surface area contributed by atoms with Gasteiger partial charge in [-0.05, 0) is 18.6 Å². The average molecular weight is 223 g/mol. The van der Waals surface area contributed by atoms with Crippen LogP contribution < -0.4 is 5.73 Å². The zero-order valence-electron chi connectivity index (χ0n) is 8.37. The molecule has 0 spiro atoms. The van der Waals surface area contributed by atoms with Gasteiger partial charge in [0.2, 0.25) is 5.95 Å². The molecule has 0 aromatic carbocycles. The fourth-order valence-electron chi connectivity index (χ4n) is 1.48. The van der Waals surface area contributed by atoms with E-state index in [2.05, 4.69) is 21.9 Å². The van der Waals surface area contributed by atoms with Crippen molar-refractivity contribution in [1.29, 1.82) is 0 Å². The lowest BCUT2D eigenvalue weighted by atomic mass is 10.2. The molecule has 0 fully saturated rings. The van der Waals surface area contributed by atoms with Gasteiger partial charge >= 0.3 is 0 Å². The summed E-state index contributed by atoms with van der Waals surface area (Å²) in [5, 5.41) is 0.452. The Morgan fingerprint density at radius 2 is 2.07 bits per heavy atom. The lowest BCUT2D eigenvalue weighted by molar-refractivity contribution is 0.885. The minimum Gasteiger partial charge on any atom is -0.368 e. The number of hydrogen-bond donors (Lipinski definition) is 1. The zero-order chi connectivity index (χ0) is 10.8. The number of anilines is 1. The first-order chi connectivity index (χ1) is 7.20. The Kier molecular flexibility index (Phi) is 2.68. The number of aryl methyl sites for hydroxylation is 1. The predicted molar refractivity (Wildman–Crippen MR) is 60.8 cm³/mol. The molecule has 2 N–H and O–H groups in total. The summed E-state index contributed by atoms with van der Waals surface area (Å²) in [6.07, 6.45) is 1.82. The van der Waals surface area contributed by atoms with Gasteiger partial charge in [-0.2, -0.15) is 0 Å². The van der Waals surface area contributed by atoms with E-state index in [4.69, 9.17) is 17.3 Å². The summed E-state index contributed by atoms with van der Waals surface area (Å²) in [7, 11) is 0. The Morgan fingerprint density at radius 1 is 1.27 bits per heavy atom. The van der Waals surface area contributed by atoms with Gasteiger partial charge in [0, 0.05) is 0 Å². The van der Waals surface area contributed by atoms with E-state index in [1.165, 1.54) is 0 Å². The number of fused-ring (bicyclic) bond motifs is 1. The first-order valence-electron chi connectivity index (χ1n) is 4.79. The van der Waals surface area contributed by atoms with Crippen molar-refractivity contribution in [3.8, 4) is 0 Å². The standard InChI is InChI=1S/C10H11ClN4/c1-2-3-6-9-7(14-10(12)13-6)4-5-8(11)15-9/h4-5H,2-3H2,1H3,(H2,12,13,14). The Morgan fingerprint density at radius 3 is 2.80 bits per heavy atom. The summed E-state index contributed by atoms with van der Waals surface area (Å²) in [5.41, 5.74) is 7.97. The van der Waals surface area contributed by atoms with Crippen LogP contribution in [0, 0.1) is 0 Å². The molecular formula is C10H11ClN4. The molecule has 0 amide bonds. The molecule has 0 saturated carbocycles. The van der Waals surface area contributed by atoms with Crippen molar-refractivity contribution in [2.75, 3.05) is 5.73 Å². The summed E-state index contributed by atoms with van der Waals surface area (Å²) in [6.45, 7) is 2.08. The predicted octanol–water partition coefficient (Wildman–Crippen LogP) is 2.21. The third kappa shape index (κ3) is 1.99. The van der Waals surface area contributed by atoms with Crippen molar-refractivity contribution in [3.63, 3.8) is 0 Å². The second kappa shape index (κ2) is 3.98. The van der Waals surface area contributed by atoms with Crippen molar-refractivity contribution >= 4 is 28.6 Å². The first-order valence-corrected chi connectivity index (χ1v) is 5.17. The molecule has 2 rings (SSSR count). The molecular weight excluding hydrogens is 212 g/mol. The number of hydrogen-bond acceptors (Lipinski definition) is 4. The van der Waals surface area contributed by atoms with Crippen molar-refractivity contribution in [2.24, 2.45) is 0 Å². The van der Waals surface area contributed by atoms with Gasteiger partial charge in [0.25, 0.3) is 0 Å². The molecule has 0 radical (unpaired) electrons. The quantitative estimate of drug-likeness (QED) is 0.792. The van der Waals surface area contributed by atoms with Crippen LogP contribution in [0.25, 0.3) is 11.0 Å². The summed E-state index contributed by atoms with van der Waals surface area (Å²) in [5.74, 6) is 0.287. The van der Waals surface area contributed by atoms with Crippen LogP contribution in [0.5, 0.6) is 0 Å². The van der Waals surface area contributed by atoms with Crippen LogP contribution in [0.1, 0.15) is 19.0 Å². The maximum Gasteiger partial charge on any atom is 0.220 e. The molecule has 0 aliphatic carbocycles. The highest BCUT2D eigenvalue weighted by Gasteiger charge is 2.07. The minimum absolute atomic E-state index is 0.287. The first kappa shape index (κ1) is 10.1. The average Bonchev–Trinajstić information content (AvgIpc) is 2.19. The van der Waals surface area contributed by atoms with Gasteiger partial charge in [-0.25, -0.2) is 15.0 Å². The fraction of sp³-hybridized carbons (Fsp3) is 0.300. The number of nitrogens with two attached hydrogens (primary N) is 1. The van der Waals surface area contributed by atoms with Crippen LogP contribution in [-0.4, -0.2) is 15.0 Å². The van der Waals surface area contributed by atoms with Crippen molar-refractivity contribution in [2.45, 2.75) is 19.8 Å². The third-order valence-corrected chi connectivity index (χ3v) is 2.30. The zero-order valence-corrected chi connectivity index (χ0v) is 9.12. The minimum atomic E-state index is 0.287. The number of halogens is 1. The lowest BCUT2D eigenvalue weighted by Gasteiger charge is -2.04. The number of rotatable bonds is 2. The van der Waals surface area contributed by atoms with E-state index in [0.29, 0.717) is 5.15 Å². The summed E-state index contributed by atoms with van der Waals surface area (Å²) in [4.78, 5) is 12.5. The molecule has 0 bridgehead atoms. The van der Waals surface area contributed by atoms with Crippen LogP contribution in [0.15, 0.2) is 12.1 Å². The second-order valence-electron chi connectivity index (χ2n) is 3.28. The van der Waals surface area contributed by atoms with E-state index in [1.54, 1.807) is 6.07 Å². The largest absolute Gasteiger partial charge is 0.368 e. The Hall–Kier alpha value is -1.42. The van der Waals surface area contributed by atoms with Crippen molar-refractivity contribution in [1.82, 2.24) is 15.0 Å². The molecule has 0 atom stereocenters. The van der Waals surface area contributed by atoms with E-state index in [9.17, 15) is 0 Å². The lowest BCUT2D eigenvalue weighted by Crippen LogP contribution is -2.02. The molecule has 5 heteroatoms. The third-order valence-electron chi connectivity index (χ3n) is 2.08. The van der Waals surface area contributed by atoms with Crippen LogP contribution in [-0.2, 0) is 6.42 Å². The van der Waals surface area contributed by atoms with Crippen LogP contribution in [0.3, 0.4) is 0 Å². The highest BCUT2D eigenvalue weighted by atomic mass is 35.5. The Labute approximate surface area is 92.5 Å². The fourth-order valence-corrected chi connectivity index (χ4v) is 1.63. The number of nitrogen functional groups attached to an aromatic ring is 1. The van der Waals surface area contributed by atoms with E-state index in [1.807, 2.05) is 6.07 Å². The van der Waals surface area contributed by atoms with Gasteiger partial charge in [0.1, 0.15) is 10.7 Å². The normalized spacial score (nSPS) is 10.8. The molecule has 2 aromatic rings. The SMILES string of the molecule is CCCc1nc(N)nc2ccc(Cl)nc12. The maximum atomic E-state index is 5.83. The molecule has 4 nitrogen and oxygen atoms in total. The monoisotopic (exact) mass is 222 g/mol. The van der Waals surface area contributed by atoms with Crippen LogP contribution >= 0.6 is 11.6 Å². The number of nitrogens with zero attached hydrogens (tertiary/aromatic N) is 3. The smallest absolute Gasteiger partial charge is 0.220 e. The molecule has 2 heterocycles. The summed E-state index contributed by atoms with van der Waals surface area (Å²) < 4.78 is 0. The molecule has 2 aromatic heterocycles. The molecule has 78 valence electrons. The van der Waals surface area contributed by atoms with Crippen LogP contribution in [0.4, 0.5) is 5.95 Å². The van der Waals surface area contributed by atoms with Gasteiger partial charge in [0.15, 0.2) is 0 Å². The number of pyridine rings is 1. The summed E-state index contributed by atoms with van der Waals surface area (Å²) in [6, 6.07) is 3.51. The van der Waals surface area contributed by atoms with Gasteiger partial charge in [0.05, 0.1) is 11.2 Å². The Bertz CT molecular complexity index is 498. The molecule has 0 saturated heterocycles. The van der Waals surface area contributed by atoms with E-state index in [0.717, 1.165) is 29.6 Å². The topological polar surface area (TPSA) is 64.7 Å². The molecule has 15 heavy (non-hydrogen) atoms.